The van der Waals surface area contributed by atoms with Gasteiger partial charge in [0.2, 0.25) is 10.0 Å². The summed E-state index contributed by atoms with van der Waals surface area (Å²) >= 11 is 1.42. The number of amidine groups is 1. The predicted molar refractivity (Wildman–Crippen MR) is 108 cm³/mol. The van der Waals surface area contributed by atoms with Gasteiger partial charge in [0, 0.05) is 32.0 Å². The third-order valence-corrected chi connectivity index (χ3v) is 7.12. The number of rotatable bonds is 5. The van der Waals surface area contributed by atoms with Gasteiger partial charge in [-0.2, -0.15) is 0 Å². The molecule has 148 valence electrons. The molecule has 6 nitrogen and oxygen atoms in total. The van der Waals surface area contributed by atoms with Gasteiger partial charge in [0.05, 0.1) is 11.4 Å². The average Bonchev–Trinajstić information content (AvgIpc) is 3.15. The highest BCUT2D eigenvalue weighted by molar-refractivity contribution is 8.13. The molecule has 0 bridgehead atoms. The van der Waals surface area contributed by atoms with Crippen molar-refractivity contribution in [2.24, 2.45) is 4.99 Å². The summed E-state index contributed by atoms with van der Waals surface area (Å²) in [5, 5.41) is 0.610. The minimum Gasteiger partial charge on any atom is -0.286 e. The molecule has 0 N–H and O–H groups in total. The lowest BCUT2D eigenvalue weighted by atomic mass is 10.2. The Kier molecular flexibility index (Phi) is 6.17. The number of hydrogen-bond acceptors (Lipinski definition) is 5. The van der Waals surface area contributed by atoms with E-state index in [0.717, 1.165) is 9.87 Å². The van der Waals surface area contributed by atoms with Crippen molar-refractivity contribution in [1.29, 1.82) is 0 Å². The number of aliphatic imine (C=N–C) groups is 1. The van der Waals surface area contributed by atoms with E-state index < -0.39 is 10.0 Å². The normalized spacial score (nSPS) is 14.4. The van der Waals surface area contributed by atoms with Crippen molar-refractivity contribution in [3.05, 3.63) is 65.5 Å². The quantitative estimate of drug-likeness (QED) is 0.744. The molecule has 1 aliphatic rings. The third kappa shape index (κ3) is 4.43. The number of carbonyl (C=O) groups is 1. The standard InChI is InChI=1S/C19H20FN3O3S2/c1-22(2)28(25,26)17-9-5-15(6-10-17)18(24)23-12-11-21-19(23)27-13-14-3-7-16(20)8-4-14/h3-10H,11-13H2,1-2H3. The van der Waals surface area contributed by atoms with Crippen LogP contribution in [-0.4, -0.2) is 55.9 Å². The first kappa shape index (κ1) is 20.5. The summed E-state index contributed by atoms with van der Waals surface area (Å²) < 4.78 is 38.4. The van der Waals surface area contributed by atoms with Crippen LogP contribution < -0.4 is 0 Å². The van der Waals surface area contributed by atoms with Gasteiger partial charge in [-0.15, -0.1) is 0 Å². The molecule has 9 heteroatoms. The zero-order valence-electron chi connectivity index (χ0n) is 15.5. The number of halogens is 1. The molecule has 0 unspecified atom stereocenters. The molecule has 0 fully saturated rings. The van der Waals surface area contributed by atoms with E-state index in [-0.39, 0.29) is 16.6 Å². The first-order valence-electron chi connectivity index (χ1n) is 8.55. The maximum atomic E-state index is 13.0. The van der Waals surface area contributed by atoms with E-state index in [0.29, 0.717) is 29.6 Å². The molecule has 1 heterocycles. The summed E-state index contributed by atoms with van der Waals surface area (Å²) in [5.74, 6) is 0.0586. The summed E-state index contributed by atoms with van der Waals surface area (Å²) in [5.41, 5.74) is 1.33. The molecule has 3 rings (SSSR count). The second kappa shape index (κ2) is 8.42. The molecule has 0 saturated heterocycles. The number of benzene rings is 2. The van der Waals surface area contributed by atoms with Crippen LogP contribution in [0.4, 0.5) is 4.39 Å². The van der Waals surface area contributed by atoms with Crippen molar-refractivity contribution in [3.8, 4) is 0 Å². The molecule has 2 aromatic carbocycles. The Morgan fingerprint density at radius 1 is 1.14 bits per heavy atom. The number of amides is 1. The van der Waals surface area contributed by atoms with Crippen LogP contribution in [0.25, 0.3) is 0 Å². The van der Waals surface area contributed by atoms with Gasteiger partial charge in [-0.1, -0.05) is 23.9 Å². The largest absolute Gasteiger partial charge is 0.286 e. The summed E-state index contributed by atoms with van der Waals surface area (Å²) in [6.45, 7) is 0.993. The van der Waals surface area contributed by atoms with Crippen LogP contribution in [0.5, 0.6) is 0 Å². The fraction of sp³-hybridized carbons (Fsp3) is 0.263. The van der Waals surface area contributed by atoms with E-state index in [2.05, 4.69) is 4.99 Å². The molecule has 0 radical (unpaired) electrons. The smallest absolute Gasteiger partial charge is 0.259 e. The van der Waals surface area contributed by atoms with Crippen LogP contribution in [0, 0.1) is 5.82 Å². The van der Waals surface area contributed by atoms with Gasteiger partial charge in [0.1, 0.15) is 5.82 Å². The van der Waals surface area contributed by atoms with Gasteiger partial charge in [-0.3, -0.25) is 14.7 Å². The Hall–Kier alpha value is -2.23. The molecule has 1 amide bonds. The highest BCUT2D eigenvalue weighted by atomic mass is 32.2. The minimum absolute atomic E-state index is 0.134. The lowest BCUT2D eigenvalue weighted by Gasteiger charge is -2.18. The Balaban J connectivity index is 1.69. The molecule has 0 aliphatic carbocycles. The zero-order valence-corrected chi connectivity index (χ0v) is 17.1. The van der Waals surface area contributed by atoms with E-state index in [4.69, 9.17) is 0 Å². The second-order valence-electron chi connectivity index (χ2n) is 6.35. The molecule has 2 aromatic rings. The van der Waals surface area contributed by atoms with Crippen molar-refractivity contribution >= 4 is 32.9 Å². The van der Waals surface area contributed by atoms with Gasteiger partial charge < -0.3 is 0 Å². The summed E-state index contributed by atoms with van der Waals surface area (Å²) in [6, 6.07) is 12.1. The van der Waals surface area contributed by atoms with E-state index in [1.807, 2.05) is 0 Å². The summed E-state index contributed by atoms with van der Waals surface area (Å²) in [6.07, 6.45) is 0. The van der Waals surface area contributed by atoms with Crippen molar-refractivity contribution in [3.63, 3.8) is 0 Å². The molecule has 28 heavy (non-hydrogen) atoms. The molecule has 0 saturated carbocycles. The number of sulfonamides is 1. The highest BCUT2D eigenvalue weighted by Crippen LogP contribution is 2.22. The van der Waals surface area contributed by atoms with Crippen LogP contribution in [0.3, 0.4) is 0 Å². The first-order chi connectivity index (χ1) is 13.3. The Morgan fingerprint density at radius 2 is 1.79 bits per heavy atom. The summed E-state index contributed by atoms with van der Waals surface area (Å²) in [7, 11) is -0.622. The first-order valence-corrected chi connectivity index (χ1v) is 11.0. The fourth-order valence-corrected chi connectivity index (χ4v) is 4.51. The fourth-order valence-electron chi connectivity index (χ4n) is 2.60. The SMILES string of the molecule is CN(C)S(=O)(=O)c1ccc(C(=O)N2CCN=C2SCc2ccc(F)cc2)cc1. The molecule has 1 aliphatic heterocycles. The van der Waals surface area contributed by atoms with Crippen molar-refractivity contribution < 1.29 is 17.6 Å². The maximum absolute atomic E-state index is 13.0. The molecule has 0 spiro atoms. The van der Waals surface area contributed by atoms with Gasteiger partial charge in [0.15, 0.2) is 5.17 Å². The monoisotopic (exact) mass is 421 g/mol. The minimum atomic E-state index is -3.54. The van der Waals surface area contributed by atoms with Crippen molar-refractivity contribution in [2.45, 2.75) is 10.6 Å². The summed E-state index contributed by atoms with van der Waals surface area (Å²) in [4.78, 5) is 18.9. The molecule has 0 aromatic heterocycles. The maximum Gasteiger partial charge on any atom is 0.259 e. The highest BCUT2D eigenvalue weighted by Gasteiger charge is 2.26. The van der Waals surface area contributed by atoms with E-state index in [1.54, 1.807) is 17.0 Å². The van der Waals surface area contributed by atoms with Crippen molar-refractivity contribution in [2.75, 3.05) is 27.2 Å². The topological polar surface area (TPSA) is 70.1 Å². The molecule has 0 atom stereocenters. The van der Waals surface area contributed by atoms with Crippen molar-refractivity contribution in [1.82, 2.24) is 9.21 Å². The van der Waals surface area contributed by atoms with Crippen LogP contribution in [0.15, 0.2) is 58.4 Å². The van der Waals surface area contributed by atoms with E-state index in [1.165, 1.54) is 62.3 Å². The Morgan fingerprint density at radius 3 is 2.39 bits per heavy atom. The lowest BCUT2D eigenvalue weighted by Crippen LogP contribution is -2.32. The van der Waals surface area contributed by atoms with Gasteiger partial charge in [-0.25, -0.2) is 17.1 Å². The number of thioether (sulfide) groups is 1. The molecular weight excluding hydrogens is 401 g/mol. The van der Waals surface area contributed by atoms with Crippen LogP contribution in [0.1, 0.15) is 15.9 Å². The van der Waals surface area contributed by atoms with Crippen LogP contribution in [-0.2, 0) is 15.8 Å². The van der Waals surface area contributed by atoms with E-state index >= 15 is 0 Å². The lowest BCUT2D eigenvalue weighted by molar-refractivity contribution is 0.0860. The predicted octanol–water partition coefficient (Wildman–Crippen LogP) is 2.82. The number of hydrogen-bond donors (Lipinski definition) is 0. The Labute approximate surface area is 168 Å². The van der Waals surface area contributed by atoms with Gasteiger partial charge >= 0.3 is 0 Å². The van der Waals surface area contributed by atoms with Gasteiger partial charge in [-0.05, 0) is 42.0 Å². The van der Waals surface area contributed by atoms with E-state index in [9.17, 15) is 17.6 Å². The Bertz CT molecular complexity index is 988. The number of nitrogens with zero attached hydrogens (tertiary/aromatic N) is 3. The average molecular weight is 422 g/mol. The zero-order chi connectivity index (χ0) is 20.3. The second-order valence-corrected chi connectivity index (χ2v) is 9.44. The van der Waals surface area contributed by atoms with Gasteiger partial charge in [0.25, 0.3) is 5.91 Å². The number of carbonyl (C=O) groups excluding carboxylic acids is 1. The van der Waals surface area contributed by atoms with Crippen LogP contribution >= 0.6 is 11.8 Å². The third-order valence-electron chi connectivity index (χ3n) is 4.21. The molecular formula is C19H20FN3O3S2. The van der Waals surface area contributed by atoms with Crippen LogP contribution in [0.2, 0.25) is 0 Å².